The molecule has 1 fully saturated rings. The van der Waals surface area contributed by atoms with E-state index in [0.717, 1.165) is 6.42 Å². The fourth-order valence-electron chi connectivity index (χ4n) is 2.73. The summed E-state index contributed by atoms with van der Waals surface area (Å²) in [7, 11) is 3.14. The molecule has 7 heteroatoms. The number of carbonyl (C=O) groups excluding carboxylic acids is 2. The molecule has 2 rings (SSSR count). The lowest BCUT2D eigenvalue weighted by atomic mass is 10.1. The summed E-state index contributed by atoms with van der Waals surface area (Å²) >= 11 is 0. The fraction of sp³-hybridized carbons (Fsp3) is 0.529. The lowest BCUT2D eigenvalue weighted by Crippen LogP contribution is -2.59. The van der Waals surface area contributed by atoms with Gasteiger partial charge in [-0.3, -0.25) is 4.79 Å². The Hall–Kier alpha value is -2.44. The maximum absolute atomic E-state index is 12.8. The summed E-state index contributed by atoms with van der Waals surface area (Å²) in [5, 5.41) is 2.82. The first-order valence-electron chi connectivity index (χ1n) is 8.11. The van der Waals surface area contributed by atoms with E-state index >= 15 is 0 Å². The zero-order chi connectivity index (χ0) is 17.7. The minimum Gasteiger partial charge on any atom is -0.497 e. The number of piperazine rings is 1. The van der Waals surface area contributed by atoms with E-state index in [4.69, 9.17) is 9.47 Å². The van der Waals surface area contributed by atoms with E-state index in [-0.39, 0.29) is 11.9 Å². The Morgan fingerprint density at radius 1 is 1.29 bits per heavy atom. The number of benzene rings is 1. The van der Waals surface area contributed by atoms with Gasteiger partial charge in [-0.05, 0) is 25.5 Å². The summed E-state index contributed by atoms with van der Waals surface area (Å²) in [6, 6.07) is 4.59. The zero-order valence-electron chi connectivity index (χ0n) is 14.7. The monoisotopic (exact) mass is 335 g/mol. The maximum Gasteiger partial charge on any atom is 0.318 e. The number of hydrogen-bond donors (Lipinski definition) is 1. The van der Waals surface area contributed by atoms with Gasteiger partial charge in [-0.15, -0.1) is 0 Å². The Labute approximate surface area is 142 Å². The van der Waals surface area contributed by atoms with Gasteiger partial charge < -0.3 is 24.6 Å². The highest BCUT2D eigenvalue weighted by Gasteiger charge is 2.36. The van der Waals surface area contributed by atoms with Crippen molar-refractivity contribution in [1.82, 2.24) is 10.2 Å². The Bertz CT molecular complexity index is 605. The van der Waals surface area contributed by atoms with Crippen LogP contribution in [-0.4, -0.2) is 56.7 Å². The SMILES string of the molecule is CCCNC(=O)N1CCN(c2cc(OC)ccc2OC)C(=O)C1C. The third-order valence-electron chi connectivity index (χ3n) is 4.12. The number of rotatable bonds is 5. The van der Waals surface area contributed by atoms with Crippen LogP contribution in [0.3, 0.4) is 0 Å². The van der Waals surface area contributed by atoms with E-state index in [9.17, 15) is 9.59 Å². The molecule has 0 bridgehead atoms. The maximum atomic E-state index is 12.8. The molecule has 0 saturated carbocycles. The average Bonchev–Trinajstić information content (AvgIpc) is 2.61. The summed E-state index contributed by atoms with van der Waals surface area (Å²) in [6.07, 6.45) is 0.856. The van der Waals surface area contributed by atoms with E-state index < -0.39 is 6.04 Å². The van der Waals surface area contributed by atoms with Gasteiger partial charge in [0.05, 0.1) is 19.9 Å². The highest BCUT2D eigenvalue weighted by atomic mass is 16.5. The molecule has 0 radical (unpaired) electrons. The van der Waals surface area contributed by atoms with Crippen molar-refractivity contribution in [2.75, 3.05) is 38.8 Å². The van der Waals surface area contributed by atoms with Crippen LogP contribution in [-0.2, 0) is 4.79 Å². The molecule has 0 aliphatic carbocycles. The first-order valence-corrected chi connectivity index (χ1v) is 8.11. The average molecular weight is 335 g/mol. The molecule has 0 aromatic heterocycles. The summed E-state index contributed by atoms with van der Waals surface area (Å²) < 4.78 is 10.6. The van der Waals surface area contributed by atoms with Crippen LogP contribution < -0.4 is 19.7 Å². The van der Waals surface area contributed by atoms with Crippen molar-refractivity contribution in [1.29, 1.82) is 0 Å². The summed E-state index contributed by atoms with van der Waals surface area (Å²) in [5.41, 5.74) is 0.655. The normalized spacial score (nSPS) is 17.7. The van der Waals surface area contributed by atoms with E-state index in [0.29, 0.717) is 36.8 Å². The molecule has 1 aliphatic heterocycles. The van der Waals surface area contributed by atoms with Crippen LogP contribution in [0.5, 0.6) is 11.5 Å². The van der Waals surface area contributed by atoms with Gasteiger partial charge in [-0.2, -0.15) is 0 Å². The number of anilines is 1. The summed E-state index contributed by atoms with van der Waals surface area (Å²) in [6.45, 7) is 5.20. The number of carbonyl (C=O) groups is 2. The molecule has 1 saturated heterocycles. The van der Waals surface area contributed by atoms with Crippen LogP contribution in [0, 0.1) is 0 Å². The van der Waals surface area contributed by atoms with Crippen molar-refractivity contribution in [2.24, 2.45) is 0 Å². The quantitative estimate of drug-likeness (QED) is 0.891. The van der Waals surface area contributed by atoms with Crippen LogP contribution in [0.2, 0.25) is 0 Å². The number of hydrogen-bond acceptors (Lipinski definition) is 4. The van der Waals surface area contributed by atoms with Crippen LogP contribution >= 0.6 is 0 Å². The van der Waals surface area contributed by atoms with Gasteiger partial charge in [-0.1, -0.05) is 6.92 Å². The smallest absolute Gasteiger partial charge is 0.318 e. The van der Waals surface area contributed by atoms with Gasteiger partial charge in [0.25, 0.3) is 0 Å². The van der Waals surface area contributed by atoms with Crippen molar-refractivity contribution in [3.05, 3.63) is 18.2 Å². The second-order valence-corrected chi connectivity index (χ2v) is 5.63. The highest BCUT2D eigenvalue weighted by Crippen LogP contribution is 2.34. The molecule has 1 aliphatic rings. The second kappa shape index (κ2) is 7.90. The Morgan fingerprint density at radius 2 is 2.04 bits per heavy atom. The number of methoxy groups -OCH3 is 2. The number of ether oxygens (including phenoxy) is 2. The first kappa shape index (κ1) is 17.9. The Morgan fingerprint density at radius 3 is 2.67 bits per heavy atom. The predicted octanol–water partition coefficient (Wildman–Crippen LogP) is 1.86. The van der Waals surface area contributed by atoms with E-state index in [1.54, 1.807) is 49.1 Å². The van der Waals surface area contributed by atoms with E-state index in [1.807, 2.05) is 6.92 Å². The number of urea groups is 1. The van der Waals surface area contributed by atoms with Crippen molar-refractivity contribution in [2.45, 2.75) is 26.3 Å². The molecule has 3 amide bonds. The fourth-order valence-corrected chi connectivity index (χ4v) is 2.73. The molecule has 1 atom stereocenters. The van der Waals surface area contributed by atoms with Gasteiger partial charge in [0, 0.05) is 25.7 Å². The minimum atomic E-state index is -0.536. The van der Waals surface area contributed by atoms with E-state index in [1.165, 1.54) is 0 Å². The molecule has 132 valence electrons. The van der Waals surface area contributed by atoms with Crippen LogP contribution in [0.4, 0.5) is 10.5 Å². The van der Waals surface area contributed by atoms with Crippen molar-refractivity contribution in [3.8, 4) is 11.5 Å². The third-order valence-corrected chi connectivity index (χ3v) is 4.12. The van der Waals surface area contributed by atoms with Crippen molar-refractivity contribution >= 4 is 17.6 Å². The van der Waals surface area contributed by atoms with Gasteiger partial charge >= 0.3 is 6.03 Å². The molecule has 7 nitrogen and oxygen atoms in total. The molecular formula is C17H25N3O4. The summed E-state index contributed by atoms with van der Waals surface area (Å²) in [5.74, 6) is 1.11. The van der Waals surface area contributed by atoms with Crippen LogP contribution in [0.15, 0.2) is 18.2 Å². The molecule has 1 heterocycles. The van der Waals surface area contributed by atoms with Crippen LogP contribution in [0.1, 0.15) is 20.3 Å². The second-order valence-electron chi connectivity index (χ2n) is 5.63. The number of nitrogens with one attached hydrogen (secondary N) is 1. The summed E-state index contributed by atoms with van der Waals surface area (Å²) in [4.78, 5) is 28.2. The molecule has 1 aromatic carbocycles. The van der Waals surface area contributed by atoms with E-state index in [2.05, 4.69) is 5.32 Å². The largest absolute Gasteiger partial charge is 0.497 e. The topological polar surface area (TPSA) is 71.1 Å². The van der Waals surface area contributed by atoms with Crippen molar-refractivity contribution < 1.29 is 19.1 Å². The van der Waals surface area contributed by atoms with Gasteiger partial charge in [0.2, 0.25) is 5.91 Å². The molecule has 0 spiro atoms. The Kier molecular flexibility index (Phi) is 5.89. The molecular weight excluding hydrogens is 310 g/mol. The minimum absolute atomic E-state index is 0.139. The Balaban J connectivity index is 2.21. The number of nitrogens with zero attached hydrogens (tertiary/aromatic N) is 2. The zero-order valence-corrected chi connectivity index (χ0v) is 14.7. The van der Waals surface area contributed by atoms with Gasteiger partial charge in [-0.25, -0.2) is 4.79 Å². The van der Waals surface area contributed by atoms with Crippen molar-refractivity contribution in [3.63, 3.8) is 0 Å². The first-order chi connectivity index (χ1) is 11.5. The third kappa shape index (κ3) is 3.55. The van der Waals surface area contributed by atoms with Gasteiger partial charge in [0.1, 0.15) is 17.5 Å². The lowest BCUT2D eigenvalue weighted by Gasteiger charge is -2.39. The standard InChI is InChI=1S/C17H25N3O4/c1-5-8-18-17(22)19-9-10-20(16(21)12(19)2)14-11-13(23-3)6-7-15(14)24-4/h6-7,11-12H,5,8-10H2,1-4H3,(H,18,22). The predicted molar refractivity (Wildman–Crippen MR) is 91.8 cm³/mol. The molecule has 1 aromatic rings. The van der Waals surface area contributed by atoms with Gasteiger partial charge in [0.15, 0.2) is 0 Å². The highest BCUT2D eigenvalue weighted by molar-refractivity contribution is 6.01. The molecule has 1 unspecified atom stereocenters. The lowest BCUT2D eigenvalue weighted by molar-refractivity contribution is -0.124. The number of amides is 3. The van der Waals surface area contributed by atoms with Crippen LogP contribution in [0.25, 0.3) is 0 Å². The molecule has 1 N–H and O–H groups in total. The molecule has 24 heavy (non-hydrogen) atoms.